The summed E-state index contributed by atoms with van der Waals surface area (Å²) in [5.41, 5.74) is 6.10. The van der Waals surface area contributed by atoms with Gasteiger partial charge in [0.05, 0.1) is 0 Å². The van der Waals surface area contributed by atoms with Crippen molar-refractivity contribution in [3.63, 3.8) is 0 Å². The third-order valence-corrected chi connectivity index (χ3v) is 0.458. The lowest BCUT2D eigenvalue weighted by molar-refractivity contribution is 0.101. The average Bonchev–Trinajstić information content (AvgIpc) is 1.69. The van der Waals surface area contributed by atoms with E-state index in [1.165, 1.54) is 0 Å². The van der Waals surface area contributed by atoms with Crippen molar-refractivity contribution in [2.75, 3.05) is 13.2 Å². The molecule has 0 aliphatic rings. The highest BCUT2D eigenvalue weighted by atomic mass is 16.6. The van der Waals surface area contributed by atoms with Crippen LogP contribution in [-0.4, -0.2) is 18.3 Å². The second-order valence-electron chi connectivity index (χ2n) is 1.00. The molecule has 0 atom stereocenters. The van der Waals surface area contributed by atoms with E-state index < -0.39 is 0 Å². The quantitative estimate of drug-likeness (QED) is 0.306. The van der Waals surface area contributed by atoms with Gasteiger partial charge in [-0.1, -0.05) is 0 Å². The van der Waals surface area contributed by atoms with E-state index in [9.17, 15) is 0 Å². The molecule has 0 saturated heterocycles. The van der Waals surface area contributed by atoms with Crippen LogP contribution in [0, 0.1) is 5.53 Å². The fourth-order valence-electron chi connectivity index (χ4n) is 0.175. The monoisotopic (exact) mass is 104 g/mol. The predicted octanol–water partition coefficient (Wildman–Crippen LogP) is 0.331. The SMILES string of the molecule is N=NOCCCO. The average molecular weight is 104 g/mol. The molecule has 0 aliphatic heterocycles. The predicted molar refractivity (Wildman–Crippen MR) is 22.8 cm³/mol. The maximum absolute atomic E-state index is 8.11. The highest BCUT2D eigenvalue weighted by Gasteiger charge is 1.79. The normalized spacial score (nSPS) is 8.14. The first-order valence-electron chi connectivity index (χ1n) is 2.01. The van der Waals surface area contributed by atoms with E-state index in [4.69, 9.17) is 10.6 Å². The Morgan fingerprint density at radius 2 is 2.43 bits per heavy atom. The van der Waals surface area contributed by atoms with Crippen LogP contribution < -0.4 is 0 Å². The first-order chi connectivity index (χ1) is 3.41. The number of nitrogens with zero attached hydrogens (tertiary/aromatic N) is 1. The fourth-order valence-corrected chi connectivity index (χ4v) is 0.175. The minimum atomic E-state index is 0.0928. The Kier molecular flexibility index (Phi) is 4.87. The highest BCUT2D eigenvalue weighted by molar-refractivity contribution is 4.25. The van der Waals surface area contributed by atoms with Gasteiger partial charge in [0, 0.05) is 18.3 Å². The summed E-state index contributed by atoms with van der Waals surface area (Å²) in [5, 5.41) is 10.7. The Labute approximate surface area is 41.6 Å². The molecule has 4 nitrogen and oxygen atoms in total. The summed E-state index contributed by atoms with van der Waals surface area (Å²) in [7, 11) is 0. The van der Waals surface area contributed by atoms with Crippen LogP contribution >= 0.6 is 0 Å². The highest BCUT2D eigenvalue weighted by Crippen LogP contribution is 1.78. The first-order valence-corrected chi connectivity index (χ1v) is 2.01. The van der Waals surface area contributed by atoms with E-state index in [0.29, 0.717) is 13.0 Å². The number of hydrogen-bond acceptors (Lipinski definition) is 4. The Morgan fingerprint density at radius 1 is 1.71 bits per heavy atom. The maximum atomic E-state index is 8.11. The van der Waals surface area contributed by atoms with Crippen molar-refractivity contribution < 1.29 is 9.94 Å². The van der Waals surface area contributed by atoms with Gasteiger partial charge in [-0.3, -0.25) is 0 Å². The summed E-state index contributed by atoms with van der Waals surface area (Å²) in [6.07, 6.45) is 0.544. The number of aliphatic hydroxyl groups is 1. The lowest BCUT2D eigenvalue weighted by Gasteiger charge is -1.89. The lowest BCUT2D eigenvalue weighted by atomic mass is 10.5. The molecule has 0 aliphatic carbocycles. The van der Waals surface area contributed by atoms with Crippen LogP contribution in [0.4, 0.5) is 0 Å². The molecule has 4 heteroatoms. The molecule has 0 amide bonds. The van der Waals surface area contributed by atoms with Gasteiger partial charge in [0.15, 0.2) is 0 Å². The second-order valence-corrected chi connectivity index (χ2v) is 1.00. The van der Waals surface area contributed by atoms with Crippen LogP contribution in [0.3, 0.4) is 0 Å². The van der Waals surface area contributed by atoms with Crippen molar-refractivity contribution in [3.05, 3.63) is 0 Å². The van der Waals surface area contributed by atoms with Crippen molar-refractivity contribution in [3.8, 4) is 0 Å². The minimum Gasteiger partial charge on any atom is -0.396 e. The summed E-state index contributed by atoms with van der Waals surface area (Å²) in [6, 6.07) is 0. The summed E-state index contributed by atoms with van der Waals surface area (Å²) >= 11 is 0. The lowest BCUT2D eigenvalue weighted by Crippen LogP contribution is -1.89. The molecule has 0 rings (SSSR count). The van der Waals surface area contributed by atoms with Gasteiger partial charge >= 0.3 is 0 Å². The van der Waals surface area contributed by atoms with Crippen molar-refractivity contribution >= 4 is 0 Å². The molecular formula is C3H8N2O2. The Morgan fingerprint density at radius 3 is 2.86 bits per heavy atom. The van der Waals surface area contributed by atoms with Gasteiger partial charge in [-0.05, 0) is 0 Å². The zero-order valence-corrected chi connectivity index (χ0v) is 3.92. The molecule has 0 fully saturated rings. The Hall–Kier alpha value is -0.640. The molecule has 0 aromatic rings. The standard InChI is InChI=1S/C3H8N2O2/c4-5-7-3-1-2-6/h4,6H,1-3H2. The van der Waals surface area contributed by atoms with Crippen LogP contribution in [0.2, 0.25) is 0 Å². The van der Waals surface area contributed by atoms with Gasteiger partial charge in [-0.25, -0.2) is 0 Å². The number of nitrogens with one attached hydrogen (secondary N) is 1. The smallest absolute Gasteiger partial charge is 0.121 e. The van der Waals surface area contributed by atoms with Gasteiger partial charge in [0.1, 0.15) is 6.61 Å². The van der Waals surface area contributed by atoms with Gasteiger partial charge in [-0.2, -0.15) is 5.53 Å². The van der Waals surface area contributed by atoms with E-state index >= 15 is 0 Å². The summed E-state index contributed by atoms with van der Waals surface area (Å²) in [6.45, 7) is 0.426. The van der Waals surface area contributed by atoms with Crippen molar-refractivity contribution in [1.82, 2.24) is 0 Å². The van der Waals surface area contributed by atoms with Crippen LogP contribution in [0.1, 0.15) is 6.42 Å². The molecule has 0 unspecified atom stereocenters. The molecule has 0 spiro atoms. The van der Waals surface area contributed by atoms with E-state index in [2.05, 4.69) is 10.1 Å². The third kappa shape index (κ3) is 5.36. The van der Waals surface area contributed by atoms with E-state index in [1.54, 1.807) is 0 Å². The zero-order chi connectivity index (χ0) is 5.54. The largest absolute Gasteiger partial charge is 0.396 e. The molecule has 0 heterocycles. The minimum absolute atomic E-state index is 0.0928. The van der Waals surface area contributed by atoms with Gasteiger partial charge in [0.2, 0.25) is 0 Å². The second kappa shape index (κ2) is 5.36. The molecule has 0 radical (unpaired) electrons. The van der Waals surface area contributed by atoms with Gasteiger partial charge in [-0.15, -0.1) is 0 Å². The molecule has 0 aromatic carbocycles. The molecule has 7 heavy (non-hydrogen) atoms. The third-order valence-electron chi connectivity index (χ3n) is 0.458. The Balaban J connectivity index is 2.56. The van der Waals surface area contributed by atoms with E-state index in [0.717, 1.165) is 0 Å². The summed E-state index contributed by atoms with van der Waals surface area (Å²) in [5.74, 6) is 0. The zero-order valence-electron chi connectivity index (χ0n) is 3.92. The van der Waals surface area contributed by atoms with Crippen molar-refractivity contribution in [1.29, 1.82) is 5.53 Å². The molecule has 42 valence electrons. The molecular weight excluding hydrogens is 96.0 g/mol. The molecule has 0 bridgehead atoms. The number of hydrogen-bond donors (Lipinski definition) is 2. The van der Waals surface area contributed by atoms with Crippen LogP contribution in [0.25, 0.3) is 0 Å². The van der Waals surface area contributed by atoms with Crippen LogP contribution in [-0.2, 0) is 4.84 Å². The number of aliphatic hydroxyl groups excluding tert-OH is 1. The summed E-state index contributed by atoms with van der Waals surface area (Å²) < 4.78 is 0. The topological polar surface area (TPSA) is 65.7 Å². The van der Waals surface area contributed by atoms with Crippen LogP contribution in [0.15, 0.2) is 5.28 Å². The molecule has 2 N–H and O–H groups in total. The number of rotatable bonds is 4. The molecule has 0 aromatic heterocycles. The molecule has 0 saturated carbocycles. The van der Waals surface area contributed by atoms with Crippen LogP contribution in [0.5, 0.6) is 0 Å². The summed E-state index contributed by atoms with van der Waals surface area (Å²) in [4.78, 5) is 4.21. The van der Waals surface area contributed by atoms with Crippen molar-refractivity contribution in [2.24, 2.45) is 5.28 Å². The Bertz CT molecular complexity index is 48.2. The maximum Gasteiger partial charge on any atom is 0.121 e. The van der Waals surface area contributed by atoms with Gasteiger partial charge in [0.25, 0.3) is 0 Å². The van der Waals surface area contributed by atoms with E-state index in [1.807, 2.05) is 0 Å². The van der Waals surface area contributed by atoms with Gasteiger partial charge < -0.3 is 9.94 Å². The van der Waals surface area contributed by atoms with Crippen molar-refractivity contribution in [2.45, 2.75) is 6.42 Å². The van der Waals surface area contributed by atoms with E-state index in [-0.39, 0.29) is 6.61 Å². The first kappa shape index (κ1) is 6.36. The fraction of sp³-hybridized carbons (Fsp3) is 1.00.